The molecule has 106 valence electrons. The van der Waals surface area contributed by atoms with E-state index in [-0.39, 0.29) is 11.5 Å². The quantitative estimate of drug-likeness (QED) is 0.831. The van der Waals surface area contributed by atoms with Crippen molar-refractivity contribution in [3.05, 3.63) is 11.7 Å². The second-order valence-electron chi connectivity index (χ2n) is 5.94. The molecule has 2 fully saturated rings. The Balaban J connectivity index is 1.75. The van der Waals surface area contributed by atoms with Gasteiger partial charge in [-0.05, 0) is 25.7 Å². The number of aromatic nitrogens is 2. The van der Waals surface area contributed by atoms with Gasteiger partial charge in [0.25, 0.3) is 0 Å². The molecule has 1 unspecified atom stereocenters. The first-order valence-electron chi connectivity index (χ1n) is 7.49. The summed E-state index contributed by atoms with van der Waals surface area (Å²) < 4.78 is 10.9. The van der Waals surface area contributed by atoms with Gasteiger partial charge < -0.3 is 15.0 Å². The van der Waals surface area contributed by atoms with Crippen LogP contribution in [0.5, 0.6) is 0 Å². The van der Waals surface area contributed by atoms with Crippen LogP contribution < -0.4 is 5.73 Å². The van der Waals surface area contributed by atoms with Crippen molar-refractivity contribution >= 4 is 0 Å². The van der Waals surface area contributed by atoms with E-state index in [1.165, 1.54) is 12.8 Å². The molecule has 1 atom stereocenters. The van der Waals surface area contributed by atoms with Crippen molar-refractivity contribution in [3.8, 4) is 0 Å². The van der Waals surface area contributed by atoms with Gasteiger partial charge in [0.15, 0.2) is 5.82 Å². The van der Waals surface area contributed by atoms with E-state index < -0.39 is 0 Å². The summed E-state index contributed by atoms with van der Waals surface area (Å²) in [5.41, 5.74) is 6.13. The van der Waals surface area contributed by atoms with Crippen LogP contribution in [0.4, 0.5) is 0 Å². The van der Waals surface area contributed by atoms with Crippen LogP contribution in [-0.4, -0.2) is 23.4 Å². The Morgan fingerprint density at radius 3 is 2.58 bits per heavy atom. The lowest BCUT2D eigenvalue weighted by Crippen LogP contribution is -2.37. The smallest absolute Gasteiger partial charge is 0.232 e. The van der Waals surface area contributed by atoms with Crippen molar-refractivity contribution in [2.45, 2.75) is 62.8 Å². The van der Waals surface area contributed by atoms with E-state index in [2.05, 4.69) is 10.1 Å². The number of rotatable bonds is 2. The fraction of sp³-hybridized carbons (Fsp3) is 0.857. The average molecular weight is 265 g/mol. The maximum atomic E-state index is 6.51. The summed E-state index contributed by atoms with van der Waals surface area (Å²) in [5, 5.41) is 4.16. The molecule has 2 aliphatic rings. The molecule has 0 aromatic carbocycles. The van der Waals surface area contributed by atoms with Gasteiger partial charge in [0.05, 0.1) is 18.1 Å². The largest absolute Gasteiger partial charge is 0.381 e. The summed E-state index contributed by atoms with van der Waals surface area (Å²) in [6, 6.07) is 0. The fourth-order valence-corrected chi connectivity index (χ4v) is 3.12. The predicted molar refractivity (Wildman–Crippen MR) is 70.7 cm³/mol. The summed E-state index contributed by atoms with van der Waals surface area (Å²) in [6.07, 6.45) is 8.91. The molecule has 0 bridgehead atoms. The molecule has 5 nitrogen and oxygen atoms in total. The van der Waals surface area contributed by atoms with Crippen LogP contribution in [0.3, 0.4) is 0 Å². The van der Waals surface area contributed by atoms with Gasteiger partial charge in [0.1, 0.15) is 0 Å². The zero-order chi connectivity index (χ0) is 13.1. The van der Waals surface area contributed by atoms with Gasteiger partial charge in [-0.3, -0.25) is 0 Å². The highest BCUT2D eigenvalue weighted by molar-refractivity contribution is 5.06. The summed E-state index contributed by atoms with van der Waals surface area (Å²) in [5.74, 6) is 1.67. The lowest BCUT2D eigenvalue weighted by Gasteiger charge is -2.23. The zero-order valence-corrected chi connectivity index (χ0v) is 11.4. The Labute approximate surface area is 113 Å². The first-order valence-corrected chi connectivity index (χ1v) is 7.49. The molecule has 1 aromatic rings. The Morgan fingerprint density at radius 2 is 1.89 bits per heavy atom. The van der Waals surface area contributed by atoms with Crippen LogP contribution >= 0.6 is 0 Å². The van der Waals surface area contributed by atoms with Crippen LogP contribution in [-0.2, 0) is 10.3 Å². The summed E-state index contributed by atoms with van der Waals surface area (Å²) >= 11 is 0. The van der Waals surface area contributed by atoms with Crippen molar-refractivity contribution in [3.63, 3.8) is 0 Å². The molecule has 5 heteroatoms. The first-order chi connectivity index (χ1) is 9.28. The molecule has 0 radical (unpaired) electrons. The Bertz CT molecular complexity index is 405. The minimum absolute atomic E-state index is 0.254. The average Bonchev–Trinajstić information content (AvgIpc) is 2.85. The Hall–Kier alpha value is -0.940. The van der Waals surface area contributed by atoms with Gasteiger partial charge in [-0.15, -0.1) is 0 Å². The number of nitrogens with two attached hydrogens (primary N) is 1. The van der Waals surface area contributed by atoms with E-state index >= 15 is 0 Å². The predicted octanol–water partition coefficient (Wildman–Crippen LogP) is 2.47. The summed E-state index contributed by atoms with van der Waals surface area (Å²) in [6.45, 7) is 1.54. The molecule has 1 aromatic heterocycles. The minimum atomic E-state index is -0.381. The monoisotopic (exact) mass is 265 g/mol. The normalized spacial score (nSPS) is 27.9. The third kappa shape index (κ3) is 2.82. The molecule has 1 aliphatic heterocycles. The van der Waals surface area contributed by atoms with Crippen molar-refractivity contribution in [1.82, 2.24) is 10.1 Å². The van der Waals surface area contributed by atoms with Gasteiger partial charge in [0.2, 0.25) is 5.89 Å². The number of hydrogen-bond acceptors (Lipinski definition) is 5. The standard InChI is InChI=1S/C14H23N3O2/c15-14(7-3-1-2-4-8-14)13-16-12(19-17-13)11-6-5-9-18-10-11/h11H,1-10,15H2. The van der Waals surface area contributed by atoms with E-state index in [4.69, 9.17) is 15.0 Å². The van der Waals surface area contributed by atoms with Gasteiger partial charge in [-0.25, -0.2) is 0 Å². The summed E-state index contributed by atoms with van der Waals surface area (Å²) in [4.78, 5) is 4.59. The first kappa shape index (κ1) is 13.1. The second kappa shape index (κ2) is 5.59. The van der Waals surface area contributed by atoms with Crippen molar-refractivity contribution in [2.24, 2.45) is 5.73 Å². The van der Waals surface area contributed by atoms with Crippen LogP contribution in [0.25, 0.3) is 0 Å². The van der Waals surface area contributed by atoms with Crippen LogP contribution in [0.15, 0.2) is 4.52 Å². The van der Waals surface area contributed by atoms with Crippen molar-refractivity contribution in [1.29, 1.82) is 0 Å². The molecule has 1 saturated heterocycles. The zero-order valence-electron chi connectivity index (χ0n) is 11.4. The van der Waals surface area contributed by atoms with Crippen LogP contribution in [0.1, 0.15) is 69.0 Å². The maximum absolute atomic E-state index is 6.51. The molecule has 2 heterocycles. The molecule has 0 spiro atoms. The van der Waals surface area contributed by atoms with Crippen LogP contribution in [0.2, 0.25) is 0 Å². The Kier molecular flexibility index (Phi) is 3.84. The minimum Gasteiger partial charge on any atom is -0.381 e. The fourth-order valence-electron chi connectivity index (χ4n) is 3.12. The molecule has 3 rings (SSSR count). The lowest BCUT2D eigenvalue weighted by atomic mass is 9.90. The number of hydrogen-bond donors (Lipinski definition) is 1. The Morgan fingerprint density at radius 1 is 1.11 bits per heavy atom. The van der Waals surface area contributed by atoms with Gasteiger partial charge in [-0.2, -0.15) is 4.98 Å². The molecule has 1 aliphatic carbocycles. The van der Waals surface area contributed by atoms with Gasteiger partial charge in [0, 0.05) is 6.61 Å². The van der Waals surface area contributed by atoms with E-state index in [0.717, 1.165) is 45.1 Å². The third-order valence-corrected chi connectivity index (χ3v) is 4.39. The van der Waals surface area contributed by atoms with E-state index in [1.807, 2.05) is 0 Å². The summed E-state index contributed by atoms with van der Waals surface area (Å²) in [7, 11) is 0. The molecule has 2 N–H and O–H groups in total. The highest BCUT2D eigenvalue weighted by Gasteiger charge is 2.34. The van der Waals surface area contributed by atoms with E-state index in [0.29, 0.717) is 18.3 Å². The molecule has 19 heavy (non-hydrogen) atoms. The van der Waals surface area contributed by atoms with Crippen LogP contribution in [0, 0.1) is 0 Å². The molecule has 0 amide bonds. The highest BCUT2D eigenvalue weighted by Crippen LogP contribution is 2.33. The highest BCUT2D eigenvalue weighted by atomic mass is 16.5. The van der Waals surface area contributed by atoms with Crippen molar-refractivity contribution < 1.29 is 9.26 Å². The molecule has 1 saturated carbocycles. The SMILES string of the molecule is NC1(c2noc(C3CCCOC3)n2)CCCCCC1. The lowest BCUT2D eigenvalue weighted by molar-refractivity contribution is 0.0705. The maximum Gasteiger partial charge on any atom is 0.232 e. The van der Waals surface area contributed by atoms with Gasteiger partial charge in [-0.1, -0.05) is 30.8 Å². The third-order valence-electron chi connectivity index (χ3n) is 4.39. The van der Waals surface area contributed by atoms with Crippen molar-refractivity contribution in [2.75, 3.05) is 13.2 Å². The molecular formula is C14H23N3O2. The second-order valence-corrected chi connectivity index (χ2v) is 5.94. The topological polar surface area (TPSA) is 74.2 Å². The number of nitrogens with zero attached hydrogens (tertiary/aromatic N) is 2. The molecular weight excluding hydrogens is 242 g/mol. The van der Waals surface area contributed by atoms with E-state index in [9.17, 15) is 0 Å². The number of ether oxygens (including phenoxy) is 1. The van der Waals surface area contributed by atoms with E-state index in [1.54, 1.807) is 0 Å². The van der Waals surface area contributed by atoms with Gasteiger partial charge >= 0.3 is 0 Å².